The maximum absolute atomic E-state index is 12.8. The second-order valence-corrected chi connectivity index (χ2v) is 7.88. The van der Waals surface area contributed by atoms with Crippen molar-refractivity contribution < 1.29 is 4.79 Å². The topological polar surface area (TPSA) is 85.8 Å². The van der Waals surface area contributed by atoms with Crippen LogP contribution in [0.2, 0.25) is 0 Å². The molecule has 6 heteroatoms. The number of nitrogens with zero attached hydrogens (tertiary/aromatic N) is 3. The van der Waals surface area contributed by atoms with Crippen molar-refractivity contribution in [1.29, 1.82) is 0 Å². The normalized spacial score (nSPS) is 10.9. The van der Waals surface area contributed by atoms with Crippen molar-refractivity contribution in [2.45, 2.75) is 13.0 Å². The summed E-state index contributed by atoms with van der Waals surface area (Å²) in [6.07, 6.45) is 2.45. The number of nitrogens with one attached hydrogen (secondary N) is 1. The average Bonchev–Trinajstić information content (AvgIpc) is 3.34. The van der Waals surface area contributed by atoms with Gasteiger partial charge in [-0.15, -0.1) is 5.10 Å². The maximum atomic E-state index is 12.8. The first kappa shape index (κ1) is 20.5. The summed E-state index contributed by atoms with van der Waals surface area (Å²) >= 11 is 0. The van der Waals surface area contributed by atoms with Crippen LogP contribution in [0.5, 0.6) is 0 Å². The van der Waals surface area contributed by atoms with E-state index in [-0.39, 0.29) is 11.6 Å². The quantitative estimate of drug-likeness (QED) is 0.362. The smallest absolute Gasteiger partial charge is 0.277 e. The number of carbonyl (C=O) groups is 1. The Morgan fingerprint density at radius 1 is 0.879 bits per heavy atom. The van der Waals surface area contributed by atoms with Crippen molar-refractivity contribution in [3.8, 4) is 11.1 Å². The predicted octanol–water partition coefficient (Wildman–Crippen LogP) is 5.18. The van der Waals surface area contributed by atoms with Gasteiger partial charge >= 0.3 is 0 Å². The molecule has 0 aliphatic rings. The Bertz CT molecular complexity index is 1420. The maximum Gasteiger partial charge on any atom is 0.277 e. The zero-order valence-electron chi connectivity index (χ0n) is 18.0. The number of aromatic nitrogens is 3. The van der Waals surface area contributed by atoms with Crippen LogP contribution in [-0.4, -0.2) is 20.9 Å². The van der Waals surface area contributed by atoms with Gasteiger partial charge in [-0.2, -0.15) is 0 Å². The zero-order chi connectivity index (χ0) is 22.6. The highest BCUT2D eigenvalue weighted by atomic mass is 16.2. The fourth-order valence-corrected chi connectivity index (χ4v) is 3.92. The van der Waals surface area contributed by atoms with Gasteiger partial charge in [0.2, 0.25) is 0 Å². The Morgan fingerprint density at radius 2 is 1.67 bits per heavy atom. The third-order valence-electron chi connectivity index (χ3n) is 5.67. The van der Waals surface area contributed by atoms with Crippen molar-refractivity contribution in [1.82, 2.24) is 15.0 Å². The molecular weight excluding hydrogens is 410 g/mol. The summed E-state index contributed by atoms with van der Waals surface area (Å²) in [6.45, 7) is 0.625. The third kappa shape index (κ3) is 4.45. The highest BCUT2D eigenvalue weighted by Gasteiger charge is 2.14. The number of anilines is 2. The largest absolute Gasteiger partial charge is 0.397 e. The van der Waals surface area contributed by atoms with Crippen LogP contribution in [0.25, 0.3) is 21.9 Å². The number of aryl methyl sites for hydroxylation is 2. The summed E-state index contributed by atoms with van der Waals surface area (Å²) in [4.78, 5) is 12.8. The highest BCUT2D eigenvalue weighted by Crippen LogP contribution is 2.27. The minimum Gasteiger partial charge on any atom is -0.397 e. The van der Waals surface area contributed by atoms with Gasteiger partial charge in [0.05, 0.1) is 17.6 Å². The number of carbonyl (C=O) groups excluding carboxylic acids is 1. The van der Waals surface area contributed by atoms with Crippen LogP contribution in [0.4, 0.5) is 11.4 Å². The van der Waals surface area contributed by atoms with E-state index in [0.29, 0.717) is 17.9 Å². The van der Waals surface area contributed by atoms with Crippen molar-refractivity contribution in [3.63, 3.8) is 0 Å². The molecule has 3 N–H and O–H groups in total. The van der Waals surface area contributed by atoms with Crippen LogP contribution in [0.3, 0.4) is 0 Å². The van der Waals surface area contributed by atoms with Crippen LogP contribution in [0.15, 0.2) is 97.2 Å². The third-order valence-corrected chi connectivity index (χ3v) is 5.67. The minimum atomic E-state index is -0.344. The van der Waals surface area contributed by atoms with Gasteiger partial charge < -0.3 is 11.1 Å². The standard InChI is InChI=1S/C27H23N5O/c28-24-14-13-22(19-7-2-1-3-8-19)17-25(24)29-27(33)26-18-32(31-30-26)16-15-21-11-6-10-20-9-4-5-12-23(20)21/h1-14,17-18H,15-16,28H2,(H,29,33). The molecule has 0 aliphatic carbocycles. The number of nitrogen functional groups attached to an aromatic ring is 1. The Hall–Kier alpha value is -4.45. The van der Waals surface area contributed by atoms with Gasteiger partial charge in [0, 0.05) is 6.54 Å². The molecule has 0 radical (unpaired) electrons. The molecule has 1 amide bonds. The lowest BCUT2D eigenvalue weighted by Crippen LogP contribution is -2.14. The highest BCUT2D eigenvalue weighted by molar-refractivity contribution is 6.04. The predicted molar refractivity (Wildman–Crippen MR) is 132 cm³/mol. The van der Waals surface area contributed by atoms with Gasteiger partial charge in [-0.3, -0.25) is 9.48 Å². The Kier molecular flexibility index (Phi) is 5.55. The molecular formula is C27H23N5O. The van der Waals surface area contributed by atoms with E-state index >= 15 is 0 Å². The number of nitrogens with two attached hydrogens (primary N) is 1. The summed E-state index contributed by atoms with van der Waals surface area (Å²) in [5.74, 6) is -0.344. The van der Waals surface area contributed by atoms with Gasteiger partial charge in [0.1, 0.15) is 0 Å². The zero-order valence-corrected chi connectivity index (χ0v) is 18.0. The van der Waals surface area contributed by atoms with Crippen molar-refractivity contribution >= 4 is 28.1 Å². The van der Waals surface area contributed by atoms with E-state index in [9.17, 15) is 4.79 Å². The Balaban J connectivity index is 1.29. The molecule has 0 fully saturated rings. The Labute approximate surface area is 191 Å². The van der Waals surface area contributed by atoms with Gasteiger partial charge in [0.15, 0.2) is 5.69 Å². The second kappa shape index (κ2) is 8.96. The molecule has 0 unspecified atom stereocenters. The van der Waals surface area contributed by atoms with E-state index in [1.165, 1.54) is 16.3 Å². The summed E-state index contributed by atoms with van der Waals surface area (Å²) in [6, 6.07) is 30.1. The average molecular weight is 434 g/mol. The minimum absolute atomic E-state index is 0.248. The monoisotopic (exact) mass is 433 g/mol. The van der Waals surface area contributed by atoms with E-state index in [1.54, 1.807) is 16.9 Å². The lowest BCUT2D eigenvalue weighted by Gasteiger charge is -2.10. The number of benzene rings is 4. The van der Waals surface area contributed by atoms with Crippen LogP contribution >= 0.6 is 0 Å². The van der Waals surface area contributed by atoms with Crippen LogP contribution in [0.1, 0.15) is 16.1 Å². The van der Waals surface area contributed by atoms with E-state index in [4.69, 9.17) is 5.73 Å². The molecule has 5 aromatic rings. The summed E-state index contributed by atoms with van der Waals surface area (Å²) in [5, 5.41) is 13.5. The summed E-state index contributed by atoms with van der Waals surface area (Å²) < 4.78 is 1.69. The van der Waals surface area contributed by atoms with Gasteiger partial charge in [0.25, 0.3) is 5.91 Å². The molecule has 0 saturated carbocycles. The number of hydrogen-bond donors (Lipinski definition) is 2. The summed E-state index contributed by atoms with van der Waals surface area (Å²) in [5.41, 5.74) is 10.6. The molecule has 0 atom stereocenters. The molecule has 0 spiro atoms. The molecule has 0 aliphatic heterocycles. The molecule has 162 valence electrons. The molecule has 1 heterocycles. The Morgan fingerprint density at radius 3 is 2.55 bits per heavy atom. The summed E-state index contributed by atoms with van der Waals surface area (Å²) in [7, 11) is 0. The number of hydrogen-bond acceptors (Lipinski definition) is 4. The van der Waals surface area contributed by atoms with Gasteiger partial charge in [-0.25, -0.2) is 0 Å². The SMILES string of the molecule is Nc1ccc(-c2ccccc2)cc1NC(=O)c1cn(CCc2cccc3ccccc23)nn1. The molecule has 1 aromatic heterocycles. The first-order valence-corrected chi connectivity index (χ1v) is 10.8. The van der Waals surface area contributed by atoms with Crippen LogP contribution in [0, 0.1) is 0 Å². The van der Waals surface area contributed by atoms with Crippen molar-refractivity contribution in [2.75, 3.05) is 11.1 Å². The lowest BCUT2D eigenvalue weighted by molar-refractivity contribution is 0.102. The molecule has 0 saturated heterocycles. The van der Waals surface area contributed by atoms with E-state index in [0.717, 1.165) is 17.5 Å². The number of fused-ring (bicyclic) bond motifs is 1. The molecule has 6 nitrogen and oxygen atoms in total. The van der Waals surface area contributed by atoms with E-state index < -0.39 is 0 Å². The van der Waals surface area contributed by atoms with Crippen LogP contribution in [-0.2, 0) is 13.0 Å². The van der Waals surface area contributed by atoms with Gasteiger partial charge in [-0.1, -0.05) is 84.1 Å². The van der Waals surface area contributed by atoms with E-state index in [1.807, 2.05) is 54.6 Å². The van der Waals surface area contributed by atoms with Gasteiger partial charge in [-0.05, 0) is 46.0 Å². The fourth-order valence-electron chi connectivity index (χ4n) is 3.92. The van der Waals surface area contributed by atoms with Crippen LogP contribution < -0.4 is 11.1 Å². The van der Waals surface area contributed by atoms with Crippen molar-refractivity contribution in [3.05, 3.63) is 108 Å². The number of rotatable bonds is 6. The molecule has 33 heavy (non-hydrogen) atoms. The van der Waals surface area contributed by atoms with E-state index in [2.05, 4.69) is 46.0 Å². The van der Waals surface area contributed by atoms with Crippen molar-refractivity contribution in [2.24, 2.45) is 0 Å². The molecule has 5 rings (SSSR count). The molecule has 0 bridgehead atoms. The lowest BCUT2D eigenvalue weighted by atomic mass is 10.0. The fraction of sp³-hybridized carbons (Fsp3) is 0.0741. The first-order valence-electron chi connectivity index (χ1n) is 10.8. The first-order chi connectivity index (χ1) is 16.2. The number of amides is 1. The molecule has 4 aromatic carbocycles. The second-order valence-electron chi connectivity index (χ2n) is 7.88.